The Labute approximate surface area is 162 Å². The Morgan fingerprint density at radius 2 is 1.86 bits per heavy atom. The number of carbonyl (C=O) groups excluding carboxylic acids is 2. The second-order valence-electron chi connectivity index (χ2n) is 6.56. The van der Waals surface area contributed by atoms with E-state index in [1.165, 1.54) is 0 Å². The topological polar surface area (TPSA) is 89.1 Å². The molecule has 2 aliphatic heterocycles. The average molecular weight is 383 g/mol. The maximum Gasteiger partial charge on any atom is 0.319 e. The lowest BCUT2D eigenvalue weighted by atomic mass is 10.2. The van der Waals surface area contributed by atoms with Crippen LogP contribution in [0.15, 0.2) is 42.5 Å². The lowest BCUT2D eigenvalue weighted by molar-refractivity contribution is -0.117. The van der Waals surface area contributed by atoms with Crippen LogP contribution in [0, 0.1) is 0 Å². The van der Waals surface area contributed by atoms with Crippen LogP contribution in [-0.4, -0.2) is 44.8 Å². The van der Waals surface area contributed by atoms with E-state index in [1.807, 2.05) is 6.07 Å². The van der Waals surface area contributed by atoms with Gasteiger partial charge in [0.1, 0.15) is 19.0 Å². The Kier molecular flexibility index (Phi) is 4.92. The summed E-state index contributed by atoms with van der Waals surface area (Å²) in [5.74, 6) is 1.97. The summed E-state index contributed by atoms with van der Waals surface area (Å²) in [4.78, 5) is 26.3. The minimum atomic E-state index is -0.355. The molecule has 0 bridgehead atoms. The minimum Gasteiger partial charge on any atom is -0.497 e. The van der Waals surface area contributed by atoms with Crippen LogP contribution in [0.5, 0.6) is 17.2 Å². The summed E-state index contributed by atoms with van der Waals surface area (Å²) in [5, 5.41) is 5.61. The van der Waals surface area contributed by atoms with Crippen LogP contribution in [0.1, 0.15) is 6.42 Å². The number of hydrogen-bond donors (Lipinski definition) is 2. The normalized spacial score (nSPS) is 18.0. The molecule has 0 saturated carbocycles. The zero-order chi connectivity index (χ0) is 19.5. The van der Waals surface area contributed by atoms with Crippen LogP contribution in [-0.2, 0) is 4.79 Å². The number of methoxy groups -OCH3 is 1. The van der Waals surface area contributed by atoms with Gasteiger partial charge in [-0.1, -0.05) is 0 Å². The minimum absolute atomic E-state index is 0.0496. The number of amides is 3. The molecule has 2 aromatic rings. The van der Waals surface area contributed by atoms with E-state index in [2.05, 4.69) is 10.6 Å². The summed E-state index contributed by atoms with van der Waals surface area (Å²) < 4.78 is 16.2. The smallest absolute Gasteiger partial charge is 0.319 e. The summed E-state index contributed by atoms with van der Waals surface area (Å²) in [6, 6.07) is 11.8. The number of rotatable bonds is 4. The Morgan fingerprint density at radius 1 is 1.11 bits per heavy atom. The molecular weight excluding hydrogens is 362 g/mol. The lowest BCUT2D eigenvalue weighted by Gasteiger charge is -2.22. The van der Waals surface area contributed by atoms with Crippen molar-refractivity contribution in [1.82, 2.24) is 5.32 Å². The van der Waals surface area contributed by atoms with Crippen LogP contribution in [0.3, 0.4) is 0 Å². The van der Waals surface area contributed by atoms with E-state index in [0.717, 1.165) is 5.69 Å². The Morgan fingerprint density at radius 3 is 2.61 bits per heavy atom. The summed E-state index contributed by atoms with van der Waals surface area (Å²) in [6.45, 7) is 1.40. The maximum atomic E-state index is 12.4. The van der Waals surface area contributed by atoms with Crippen LogP contribution < -0.4 is 29.7 Å². The van der Waals surface area contributed by atoms with Crippen LogP contribution in [0.4, 0.5) is 16.2 Å². The number of nitrogens with zero attached hydrogens (tertiary/aromatic N) is 1. The van der Waals surface area contributed by atoms with Crippen molar-refractivity contribution >= 4 is 23.3 Å². The van der Waals surface area contributed by atoms with E-state index >= 15 is 0 Å². The maximum absolute atomic E-state index is 12.4. The number of benzene rings is 2. The second-order valence-corrected chi connectivity index (χ2v) is 6.56. The highest BCUT2D eigenvalue weighted by Crippen LogP contribution is 2.35. The summed E-state index contributed by atoms with van der Waals surface area (Å²) in [7, 11) is 1.58. The Balaban J connectivity index is 1.37. The highest BCUT2D eigenvalue weighted by atomic mass is 16.6. The molecular formula is C20H21N3O5. The fourth-order valence-corrected chi connectivity index (χ4v) is 3.28. The summed E-state index contributed by atoms with van der Waals surface area (Å²) in [5.41, 5.74) is 1.38. The molecule has 3 amide bonds. The van der Waals surface area contributed by atoms with Gasteiger partial charge in [0, 0.05) is 30.4 Å². The Hall–Kier alpha value is -3.42. The molecule has 0 spiro atoms. The SMILES string of the molecule is COc1ccc(NC(=O)N[C@H]2CC(=O)N(c3ccc4c(c3)OCCO4)C2)cc1. The van der Waals surface area contributed by atoms with Gasteiger partial charge >= 0.3 is 6.03 Å². The molecule has 1 saturated heterocycles. The van der Waals surface area contributed by atoms with Gasteiger partial charge in [0.2, 0.25) is 5.91 Å². The molecule has 1 fully saturated rings. The summed E-state index contributed by atoms with van der Waals surface area (Å²) in [6.07, 6.45) is 0.241. The molecule has 0 aromatic heterocycles. The third-order valence-electron chi connectivity index (χ3n) is 4.65. The van der Waals surface area contributed by atoms with Crippen molar-refractivity contribution in [2.24, 2.45) is 0 Å². The van der Waals surface area contributed by atoms with Crippen LogP contribution >= 0.6 is 0 Å². The van der Waals surface area contributed by atoms with Gasteiger partial charge in [-0.25, -0.2) is 4.79 Å². The van der Waals surface area contributed by atoms with E-state index < -0.39 is 0 Å². The first-order chi connectivity index (χ1) is 13.6. The molecule has 0 aliphatic carbocycles. The highest BCUT2D eigenvalue weighted by Gasteiger charge is 2.32. The number of ether oxygens (including phenoxy) is 3. The molecule has 28 heavy (non-hydrogen) atoms. The van der Waals surface area contributed by atoms with Crippen molar-refractivity contribution < 1.29 is 23.8 Å². The van der Waals surface area contributed by atoms with E-state index in [0.29, 0.717) is 42.7 Å². The van der Waals surface area contributed by atoms with Gasteiger partial charge in [-0.3, -0.25) is 4.79 Å². The monoisotopic (exact) mass is 383 g/mol. The van der Waals surface area contributed by atoms with Crippen molar-refractivity contribution in [3.63, 3.8) is 0 Å². The van der Waals surface area contributed by atoms with E-state index in [9.17, 15) is 9.59 Å². The molecule has 1 atom stereocenters. The average Bonchev–Trinajstić information content (AvgIpc) is 3.08. The first kappa shape index (κ1) is 18.0. The first-order valence-electron chi connectivity index (χ1n) is 9.04. The van der Waals surface area contributed by atoms with Crippen molar-refractivity contribution in [3.05, 3.63) is 42.5 Å². The standard InChI is InChI=1S/C20H21N3O5/c1-26-16-5-2-13(3-6-16)21-20(25)22-14-10-19(24)23(12-14)15-4-7-17-18(11-15)28-9-8-27-17/h2-7,11,14H,8-10,12H2,1H3,(H2,21,22,25)/t14-/m0/s1. The number of carbonyl (C=O) groups is 2. The number of anilines is 2. The van der Waals surface area contributed by atoms with Gasteiger partial charge in [-0.05, 0) is 36.4 Å². The van der Waals surface area contributed by atoms with Gasteiger partial charge in [-0.2, -0.15) is 0 Å². The quantitative estimate of drug-likeness (QED) is 0.846. The largest absolute Gasteiger partial charge is 0.497 e. The zero-order valence-corrected chi connectivity index (χ0v) is 15.4. The third-order valence-corrected chi connectivity index (χ3v) is 4.65. The highest BCUT2D eigenvalue weighted by molar-refractivity contribution is 5.98. The van der Waals surface area contributed by atoms with Crippen molar-refractivity contribution in [2.75, 3.05) is 37.1 Å². The predicted molar refractivity (Wildman–Crippen MR) is 103 cm³/mol. The molecule has 0 radical (unpaired) electrons. The predicted octanol–water partition coefficient (Wildman–Crippen LogP) is 2.39. The number of hydrogen-bond acceptors (Lipinski definition) is 5. The van der Waals surface area contributed by atoms with E-state index in [-0.39, 0.29) is 24.4 Å². The molecule has 2 aliphatic rings. The summed E-state index contributed by atoms with van der Waals surface area (Å²) >= 11 is 0. The fraction of sp³-hybridized carbons (Fsp3) is 0.300. The zero-order valence-electron chi connectivity index (χ0n) is 15.4. The van der Waals surface area contributed by atoms with Crippen LogP contribution in [0.2, 0.25) is 0 Å². The van der Waals surface area contributed by atoms with Crippen molar-refractivity contribution in [2.45, 2.75) is 12.5 Å². The second kappa shape index (κ2) is 7.67. The molecule has 2 heterocycles. The number of urea groups is 1. The third kappa shape index (κ3) is 3.80. The van der Waals surface area contributed by atoms with Gasteiger partial charge in [0.05, 0.1) is 13.2 Å². The number of fused-ring (bicyclic) bond motifs is 1. The van der Waals surface area contributed by atoms with Gasteiger partial charge in [0.15, 0.2) is 11.5 Å². The van der Waals surface area contributed by atoms with Crippen molar-refractivity contribution in [1.29, 1.82) is 0 Å². The van der Waals surface area contributed by atoms with Crippen LogP contribution in [0.25, 0.3) is 0 Å². The molecule has 0 unspecified atom stereocenters. The van der Waals surface area contributed by atoms with E-state index in [4.69, 9.17) is 14.2 Å². The fourth-order valence-electron chi connectivity index (χ4n) is 3.28. The molecule has 8 nitrogen and oxygen atoms in total. The molecule has 2 N–H and O–H groups in total. The first-order valence-corrected chi connectivity index (χ1v) is 9.04. The van der Waals surface area contributed by atoms with Gasteiger partial charge in [0.25, 0.3) is 0 Å². The van der Waals surface area contributed by atoms with Gasteiger partial charge < -0.3 is 29.7 Å². The van der Waals surface area contributed by atoms with Gasteiger partial charge in [-0.15, -0.1) is 0 Å². The Bertz CT molecular complexity index is 884. The molecule has 2 aromatic carbocycles. The van der Waals surface area contributed by atoms with Crippen molar-refractivity contribution in [3.8, 4) is 17.2 Å². The molecule has 146 valence electrons. The van der Waals surface area contributed by atoms with E-state index in [1.54, 1.807) is 48.4 Å². The number of nitrogens with one attached hydrogen (secondary N) is 2. The molecule has 4 rings (SSSR count). The molecule has 8 heteroatoms. The lowest BCUT2D eigenvalue weighted by Crippen LogP contribution is -2.39.